The molecule has 0 radical (unpaired) electrons. The topological polar surface area (TPSA) is 99.1 Å². The molecule has 1 saturated heterocycles. The Bertz CT molecular complexity index is 1000. The molecule has 1 amide bonds. The first-order chi connectivity index (χ1) is 14.4. The van der Waals surface area contributed by atoms with Gasteiger partial charge in [-0.1, -0.05) is 37.6 Å². The van der Waals surface area contributed by atoms with Crippen LogP contribution in [0.5, 0.6) is 0 Å². The lowest BCUT2D eigenvalue weighted by molar-refractivity contribution is 0.0937. The van der Waals surface area contributed by atoms with Gasteiger partial charge in [-0.25, -0.2) is 8.42 Å². The summed E-state index contributed by atoms with van der Waals surface area (Å²) in [7, 11) is -3.29. The number of piperidine rings is 1. The SMILES string of the molecule is CCS(=O)(=O)c1ccc([C@H](CC#N)NC(=O)c2ccc(C3CCCCN3)cc2)cc1. The molecule has 1 aliphatic rings. The predicted molar refractivity (Wildman–Crippen MR) is 116 cm³/mol. The van der Waals surface area contributed by atoms with Crippen molar-refractivity contribution >= 4 is 15.7 Å². The van der Waals surface area contributed by atoms with Gasteiger partial charge in [-0.15, -0.1) is 0 Å². The van der Waals surface area contributed by atoms with Crippen LogP contribution < -0.4 is 10.6 Å². The van der Waals surface area contributed by atoms with E-state index in [1.165, 1.54) is 30.5 Å². The van der Waals surface area contributed by atoms with E-state index in [1.54, 1.807) is 31.2 Å². The normalized spacial score (nSPS) is 17.7. The second-order valence-electron chi connectivity index (χ2n) is 7.49. The lowest BCUT2D eigenvalue weighted by Gasteiger charge is -2.24. The molecule has 1 aliphatic heterocycles. The van der Waals surface area contributed by atoms with Gasteiger partial charge in [0.2, 0.25) is 0 Å². The summed E-state index contributed by atoms with van der Waals surface area (Å²) in [5.74, 6) is -0.236. The number of rotatable bonds is 7. The largest absolute Gasteiger partial charge is 0.344 e. The summed E-state index contributed by atoms with van der Waals surface area (Å²) < 4.78 is 24.0. The molecule has 3 rings (SSSR count). The number of hydrogen-bond donors (Lipinski definition) is 2. The molecule has 7 heteroatoms. The Labute approximate surface area is 178 Å². The molecule has 0 aromatic heterocycles. The molecule has 0 aliphatic carbocycles. The zero-order chi connectivity index (χ0) is 21.6. The molecular formula is C23H27N3O3S. The summed E-state index contributed by atoms with van der Waals surface area (Å²) in [6.07, 6.45) is 3.59. The molecule has 1 unspecified atom stereocenters. The van der Waals surface area contributed by atoms with Crippen LogP contribution in [0.25, 0.3) is 0 Å². The molecule has 6 nitrogen and oxygen atoms in total. The van der Waals surface area contributed by atoms with Crippen LogP contribution in [-0.4, -0.2) is 26.6 Å². The van der Waals surface area contributed by atoms with Crippen molar-refractivity contribution in [2.45, 2.75) is 49.6 Å². The third kappa shape index (κ3) is 5.26. The van der Waals surface area contributed by atoms with Gasteiger partial charge in [-0.3, -0.25) is 4.79 Å². The molecule has 0 saturated carbocycles. The number of benzene rings is 2. The van der Waals surface area contributed by atoms with Crippen LogP contribution in [0.4, 0.5) is 0 Å². The van der Waals surface area contributed by atoms with Crippen molar-refractivity contribution in [2.24, 2.45) is 0 Å². The summed E-state index contributed by atoms with van der Waals surface area (Å²) in [5.41, 5.74) is 2.40. The van der Waals surface area contributed by atoms with Crippen LogP contribution in [0.1, 0.15) is 66.2 Å². The van der Waals surface area contributed by atoms with Crippen LogP contribution in [0.2, 0.25) is 0 Å². The second kappa shape index (κ2) is 9.88. The van der Waals surface area contributed by atoms with Gasteiger partial charge in [-0.2, -0.15) is 5.26 Å². The molecule has 0 spiro atoms. The number of hydrogen-bond acceptors (Lipinski definition) is 5. The van der Waals surface area contributed by atoms with Crippen molar-refractivity contribution < 1.29 is 13.2 Å². The Morgan fingerprint density at radius 1 is 1.17 bits per heavy atom. The fourth-order valence-corrected chi connectivity index (χ4v) is 4.55. The molecule has 1 heterocycles. The Balaban J connectivity index is 1.71. The standard InChI is InChI=1S/C23H27N3O3S/c1-2-30(28,29)20-12-10-18(11-13-20)22(14-15-24)26-23(27)19-8-6-17(7-9-19)21-5-3-4-16-25-21/h6-13,21-22,25H,2-5,14,16H2,1H3,(H,26,27)/t21?,22-/m0/s1. The summed E-state index contributed by atoms with van der Waals surface area (Å²) >= 11 is 0. The van der Waals surface area contributed by atoms with Gasteiger partial charge in [-0.05, 0) is 54.8 Å². The first-order valence-electron chi connectivity index (χ1n) is 10.3. The maximum atomic E-state index is 12.7. The Morgan fingerprint density at radius 2 is 1.87 bits per heavy atom. The predicted octanol–water partition coefficient (Wildman–Crippen LogP) is 3.68. The third-order valence-corrected chi connectivity index (χ3v) is 7.26. The van der Waals surface area contributed by atoms with Crippen molar-refractivity contribution in [3.05, 3.63) is 65.2 Å². The highest BCUT2D eigenvalue weighted by molar-refractivity contribution is 7.91. The zero-order valence-electron chi connectivity index (χ0n) is 17.1. The summed E-state index contributed by atoms with van der Waals surface area (Å²) in [5, 5.41) is 15.6. The number of amides is 1. The third-order valence-electron chi connectivity index (χ3n) is 5.51. The maximum absolute atomic E-state index is 12.7. The number of nitrogens with zero attached hydrogens (tertiary/aromatic N) is 1. The minimum absolute atomic E-state index is 0.0249. The minimum atomic E-state index is -3.29. The highest BCUT2D eigenvalue weighted by Gasteiger charge is 2.19. The first-order valence-corrected chi connectivity index (χ1v) is 11.9. The average Bonchev–Trinajstić information content (AvgIpc) is 2.79. The second-order valence-corrected chi connectivity index (χ2v) is 9.76. The number of sulfone groups is 1. The monoisotopic (exact) mass is 425 g/mol. The van der Waals surface area contributed by atoms with Crippen molar-refractivity contribution in [3.63, 3.8) is 0 Å². The lowest BCUT2D eigenvalue weighted by atomic mass is 9.96. The molecule has 2 N–H and O–H groups in total. The van der Waals surface area contributed by atoms with Crippen LogP contribution in [0.3, 0.4) is 0 Å². The highest BCUT2D eigenvalue weighted by Crippen LogP contribution is 2.24. The first kappa shape index (κ1) is 22.0. The Kier molecular flexibility index (Phi) is 7.24. The van der Waals surface area contributed by atoms with Gasteiger partial charge in [0.1, 0.15) is 0 Å². The van der Waals surface area contributed by atoms with E-state index in [4.69, 9.17) is 0 Å². The van der Waals surface area contributed by atoms with Gasteiger partial charge >= 0.3 is 0 Å². The molecule has 158 valence electrons. The highest BCUT2D eigenvalue weighted by atomic mass is 32.2. The lowest BCUT2D eigenvalue weighted by Crippen LogP contribution is -2.29. The van der Waals surface area contributed by atoms with Crippen molar-refractivity contribution in [1.29, 1.82) is 5.26 Å². The van der Waals surface area contributed by atoms with Gasteiger partial charge in [0.15, 0.2) is 9.84 Å². The average molecular weight is 426 g/mol. The Morgan fingerprint density at radius 3 is 2.43 bits per heavy atom. The van der Waals surface area contributed by atoms with E-state index < -0.39 is 15.9 Å². The van der Waals surface area contributed by atoms with E-state index in [0.717, 1.165) is 13.0 Å². The van der Waals surface area contributed by atoms with Crippen LogP contribution in [0.15, 0.2) is 53.4 Å². The number of nitriles is 1. The van der Waals surface area contributed by atoms with Crippen LogP contribution >= 0.6 is 0 Å². The fraction of sp³-hybridized carbons (Fsp3) is 0.391. The summed E-state index contributed by atoms with van der Waals surface area (Å²) in [6.45, 7) is 2.61. The summed E-state index contributed by atoms with van der Waals surface area (Å²) in [4.78, 5) is 13.0. The molecule has 1 fully saturated rings. The van der Waals surface area contributed by atoms with Gasteiger partial charge in [0.05, 0.1) is 29.2 Å². The van der Waals surface area contributed by atoms with E-state index in [9.17, 15) is 18.5 Å². The molecule has 2 atom stereocenters. The van der Waals surface area contributed by atoms with E-state index in [-0.39, 0.29) is 23.0 Å². The quantitative estimate of drug-likeness (QED) is 0.705. The molecular weight excluding hydrogens is 398 g/mol. The molecule has 0 bridgehead atoms. The molecule has 2 aromatic rings. The van der Waals surface area contributed by atoms with Gasteiger partial charge < -0.3 is 10.6 Å². The van der Waals surface area contributed by atoms with Crippen LogP contribution in [0, 0.1) is 11.3 Å². The smallest absolute Gasteiger partial charge is 0.251 e. The van der Waals surface area contributed by atoms with E-state index >= 15 is 0 Å². The van der Waals surface area contributed by atoms with Gasteiger partial charge in [0.25, 0.3) is 5.91 Å². The van der Waals surface area contributed by atoms with Crippen molar-refractivity contribution in [2.75, 3.05) is 12.3 Å². The molecule has 2 aromatic carbocycles. The molecule has 30 heavy (non-hydrogen) atoms. The van der Waals surface area contributed by atoms with Gasteiger partial charge in [0, 0.05) is 11.6 Å². The maximum Gasteiger partial charge on any atom is 0.251 e. The van der Waals surface area contributed by atoms with E-state index in [2.05, 4.69) is 16.7 Å². The Hall–Kier alpha value is -2.69. The van der Waals surface area contributed by atoms with Crippen molar-refractivity contribution in [3.8, 4) is 6.07 Å². The van der Waals surface area contributed by atoms with Crippen LogP contribution in [-0.2, 0) is 9.84 Å². The minimum Gasteiger partial charge on any atom is -0.344 e. The zero-order valence-corrected chi connectivity index (χ0v) is 17.9. The summed E-state index contributed by atoms with van der Waals surface area (Å²) in [6, 6.07) is 15.8. The van der Waals surface area contributed by atoms with E-state index in [1.807, 2.05) is 12.1 Å². The van der Waals surface area contributed by atoms with Crippen molar-refractivity contribution in [1.82, 2.24) is 10.6 Å². The fourth-order valence-electron chi connectivity index (χ4n) is 3.66. The van der Waals surface area contributed by atoms with E-state index in [0.29, 0.717) is 17.2 Å². The number of carbonyl (C=O) groups excluding carboxylic acids is 1. The number of carbonyl (C=O) groups is 1. The number of nitrogens with one attached hydrogen (secondary N) is 2.